The minimum atomic E-state index is -0.403. The standard InChI is InChI=1S/C22H28FN3O/c1-22(2,3)21(27)24-19-8-10-20(11-9-19)26-14-12-25(13-15-26)16-17-4-6-18(23)7-5-17/h4-11H,12-16H2,1-3H3,(H,24,27). The van der Waals surface area contributed by atoms with Gasteiger partial charge in [0.05, 0.1) is 0 Å². The predicted octanol–water partition coefficient (Wildman–Crippen LogP) is 4.13. The quantitative estimate of drug-likeness (QED) is 0.880. The van der Waals surface area contributed by atoms with Gasteiger partial charge in [-0.3, -0.25) is 9.69 Å². The van der Waals surface area contributed by atoms with Crippen LogP contribution in [0.3, 0.4) is 0 Å². The third-order valence-electron chi connectivity index (χ3n) is 4.86. The first-order valence-electron chi connectivity index (χ1n) is 9.44. The van der Waals surface area contributed by atoms with Crippen LogP contribution in [0.2, 0.25) is 0 Å². The summed E-state index contributed by atoms with van der Waals surface area (Å²) in [5.74, 6) is -0.171. The van der Waals surface area contributed by atoms with E-state index in [0.717, 1.165) is 44.0 Å². The van der Waals surface area contributed by atoms with E-state index >= 15 is 0 Å². The third-order valence-corrected chi connectivity index (χ3v) is 4.86. The van der Waals surface area contributed by atoms with E-state index in [1.807, 2.05) is 45.0 Å². The number of nitrogens with zero attached hydrogens (tertiary/aromatic N) is 2. The third kappa shape index (κ3) is 5.30. The molecule has 1 fully saturated rings. The van der Waals surface area contributed by atoms with Crippen LogP contribution in [0.15, 0.2) is 48.5 Å². The number of amides is 1. The Hall–Kier alpha value is -2.40. The molecule has 0 radical (unpaired) electrons. The van der Waals surface area contributed by atoms with E-state index < -0.39 is 5.41 Å². The van der Waals surface area contributed by atoms with Crippen molar-refractivity contribution >= 4 is 17.3 Å². The molecule has 2 aromatic carbocycles. The Bertz CT molecular complexity index is 758. The number of piperazine rings is 1. The number of hydrogen-bond donors (Lipinski definition) is 1. The van der Waals surface area contributed by atoms with Gasteiger partial charge in [0, 0.05) is 49.5 Å². The van der Waals surface area contributed by atoms with Crippen molar-refractivity contribution in [2.45, 2.75) is 27.3 Å². The van der Waals surface area contributed by atoms with E-state index in [4.69, 9.17) is 0 Å². The molecule has 1 aliphatic rings. The van der Waals surface area contributed by atoms with Gasteiger partial charge in [0.1, 0.15) is 5.82 Å². The molecule has 144 valence electrons. The maximum Gasteiger partial charge on any atom is 0.229 e. The van der Waals surface area contributed by atoms with Gasteiger partial charge in [-0.15, -0.1) is 0 Å². The minimum absolute atomic E-state index is 0.0182. The maximum absolute atomic E-state index is 13.0. The summed E-state index contributed by atoms with van der Waals surface area (Å²) < 4.78 is 13.0. The molecule has 1 aliphatic heterocycles. The highest BCUT2D eigenvalue weighted by molar-refractivity contribution is 5.94. The number of carbonyl (C=O) groups excluding carboxylic acids is 1. The Balaban J connectivity index is 1.52. The summed E-state index contributed by atoms with van der Waals surface area (Å²) in [6.45, 7) is 10.4. The summed E-state index contributed by atoms with van der Waals surface area (Å²) in [4.78, 5) is 16.8. The van der Waals surface area contributed by atoms with Crippen LogP contribution >= 0.6 is 0 Å². The highest BCUT2D eigenvalue weighted by Crippen LogP contribution is 2.22. The van der Waals surface area contributed by atoms with Gasteiger partial charge in [-0.1, -0.05) is 32.9 Å². The molecule has 0 saturated carbocycles. The monoisotopic (exact) mass is 369 g/mol. The van der Waals surface area contributed by atoms with Crippen LogP contribution < -0.4 is 10.2 Å². The summed E-state index contributed by atoms with van der Waals surface area (Å²) in [5.41, 5.74) is 2.74. The summed E-state index contributed by atoms with van der Waals surface area (Å²) in [6, 6.07) is 14.8. The number of benzene rings is 2. The van der Waals surface area contributed by atoms with Gasteiger partial charge in [0.25, 0.3) is 0 Å². The second-order valence-corrected chi connectivity index (χ2v) is 8.14. The molecular formula is C22H28FN3O. The molecule has 1 N–H and O–H groups in total. The maximum atomic E-state index is 13.0. The van der Waals surface area contributed by atoms with Crippen molar-refractivity contribution in [2.24, 2.45) is 5.41 Å². The van der Waals surface area contributed by atoms with E-state index in [1.54, 1.807) is 0 Å². The fourth-order valence-electron chi connectivity index (χ4n) is 3.09. The van der Waals surface area contributed by atoms with Crippen molar-refractivity contribution in [1.82, 2.24) is 4.90 Å². The summed E-state index contributed by atoms with van der Waals surface area (Å²) in [5, 5.41) is 2.96. The summed E-state index contributed by atoms with van der Waals surface area (Å²) in [6.07, 6.45) is 0. The highest BCUT2D eigenvalue weighted by atomic mass is 19.1. The number of anilines is 2. The molecule has 0 aromatic heterocycles. The van der Waals surface area contributed by atoms with Gasteiger partial charge in [0.15, 0.2) is 0 Å². The van der Waals surface area contributed by atoms with E-state index in [1.165, 1.54) is 17.8 Å². The molecule has 0 bridgehead atoms. The van der Waals surface area contributed by atoms with Crippen molar-refractivity contribution in [2.75, 3.05) is 36.4 Å². The average Bonchev–Trinajstić information content (AvgIpc) is 2.64. The smallest absolute Gasteiger partial charge is 0.229 e. The molecule has 4 nitrogen and oxygen atoms in total. The topological polar surface area (TPSA) is 35.6 Å². The molecule has 0 atom stereocenters. The summed E-state index contributed by atoms with van der Waals surface area (Å²) in [7, 11) is 0. The molecule has 2 aromatic rings. The lowest BCUT2D eigenvalue weighted by Crippen LogP contribution is -2.45. The van der Waals surface area contributed by atoms with Crippen LogP contribution in [0.1, 0.15) is 26.3 Å². The zero-order valence-corrected chi connectivity index (χ0v) is 16.3. The van der Waals surface area contributed by atoms with Crippen LogP contribution in [0.5, 0.6) is 0 Å². The first kappa shape index (κ1) is 19.4. The molecule has 1 saturated heterocycles. The molecule has 27 heavy (non-hydrogen) atoms. The lowest BCUT2D eigenvalue weighted by atomic mass is 9.95. The van der Waals surface area contributed by atoms with Gasteiger partial charge in [-0.2, -0.15) is 0 Å². The second-order valence-electron chi connectivity index (χ2n) is 8.14. The molecule has 5 heteroatoms. The van der Waals surface area contributed by atoms with Crippen LogP contribution in [0.25, 0.3) is 0 Å². The Morgan fingerprint density at radius 2 is 1.56 bits per heavy atom. The van der Waals surface area contributed by atoms with Crippen molar-refractivity contribution in [3.63, 3.8) is 0 Å². The van der Waals surface area contributed by atoms with Crippen LogP contribution in [-0.2, 0) is 11.3 Å². The molecule has 0 spiro atoms. The van der Waals surface area contributed by atoms with Crippen molar-refractivity contribution in [3.8, 4) is 0 Å². The lowest BCUT2D eigenvalue weighted by Gasteiger charge is -2.36. The lowest BCUT2D eigenvalue weighted by molar-refractivity contribution is -0.123. The summed E-state index contributed by atoms with van der Waals surface area (Å²) >= 11 is 0. The average molecular weight is 369 g/mol. The molecule has 1 amide bonds. The molecule has 0 aliphatic carbocycles. The normalized spacial score (nSPS) is 15.6. The Morgan fingerprint density at radius 3 is 2.11 bits per heavy atom. The SMILES string of the molecule is CC(C)(C)C(=O)Nc1ccc(N2CCN(Cc3ccc(F)cc3)CC2)cc1. The first-order valence-corrected chi connectivity index (χ1v) is 9.44. The number of hydrogen-bond acceptors (Lipinski definition) is 3. The number of rotatable bonds is 4. The van der Waals surface area contributed by atoms with Crippen LogP contribution in [0.4, 0.5) is 15.8 Å². The Kier molecular flexibility index (Phi) is 5.80. The molecule has 1 heterocycles. The Labute approximate surface area is 161 Å². The van der Waals surface area contributed by atoms with Crippen LogP contribution in [-0.4, -0.2) is 37.0 Å². The Morgan fingerprint density at radius 1 is 0.963 bits per heavy atom. The minimum Gasteiger partial charge on any atom is -0.369 e. The highest BCUT2D eigenvalue weighted by Gasteiger charge is 2.21. The van der Waals surface area contributed by atoms with E-state index in [0.29, 0.717) is 0 Å². The van der Waals surface area contributed by atoms with Crippen molar-refractivity contribution < 1.29 is 9.18 Å². The van der Waals surface area contributed by atoms with Crippen LogP contribution in [0, 0.1) is 11.2 Å². The number of nitrogens with one attached hydrogen (secondary N) is 1. The first-order chi connectivity index (χ1) is 12.8. The van der Waals surface area contributed by atoms with Gasteiger partial charge in [0.2, 0.25) is 5.91 Å². The number of halogens is 1. The van der Waals surface area contributed by atoms with Crippen molar-refractivity contribution in [3.05, 3.63) is 59.9 Å². The van der Waals surface area contributed by atoms with Gasteiger partial charge < -0.3 is 10.2 Å². The number of carbonyl (C=O) groups is 1. The second kappa shape index (κ2) is 8.09. The van der Waals surface area contributed by atoms with E-state index in [9.17, 15) is 9.18 Å². The van der Waals surface area contributed by atoms with Crippen molar-refractivity contribution in [1.29, 1.82) is 0 Å². The molecule has 3 rings (SSSR count). The fourth-order valence-corrected chi connectivity index (χ4v) is 3.09. The fraction of sp³-hybridized carbons (Fsp3) is 0.409. The van der Waals surface area contributed by atoms with Gasteiger partial charge in [-0.25, -0.2) is 4.39 Å². The van der Waals surface area contributed by atoms with Gasteiger partial charge in [-0.05, 0) is 42.0 Å². The van der Waals surface area contributed by atoms with E-state index in [-0.39, 0.29) is 11.7 Å². The zero-order chi connectivity index (χ0) is 19.4. The largest absolute Gasteiger partial charge is 0.369 e. The molecule has 0 unspecified atom stereocenters. The van der Waals surface area contributed by atoms with E-state index in [2.05, 4.69) is 27.2 Å². The predicted molar refractivity (Wildman–Crippen MR) is 108 cm³/mol. The van der Waals surface area contributed by atoms with Gasteiger partial charge >= 0.3 is 0 Å². The zero-order valence-electron chi connectivity index (χ0n) is 16.3. The molecular weight excluding hydrogens is 341 g/mol.